The van der Waals surface area contributed by atoms with Crippen molar-refractivity contribution in [3.05, 3.63) is 71.4 Å². The molecular weight excluding hydrogens is 596 g/mol. The van der Waals surface area contributed by atoms with Gasteiger partial charge >= 0.3 is 0 Å². The second-order valence-electron chi connectivity index (χ2n) is 10.3. The highest BCUT2D eigenvalue weighted by Crippen LogP contribution is 2.36. The first kappa shape index (κ1) is 29.6. The van der Waals surface area contributed by atoms with Crippen LogP contribution in [0.2, 0.25) is 0 Å². The lowest BCUT2D eigenvalue weighted by Gasteiger charge is -2.29. The van der Waals surface area contributed by atoms with E-state index in [2.05, 4.69) is 15.3 Å². The number of sulfone groups is 1. The fraction of sp³-hybridized carbons (Fsp3) is 0.333. The number of carbonyl (C=O) groups excluding carboxylic acids is 1. The van der Waals surface area contributed by atoms with Crippen molar-refractivity contribution < 1.29 is 36.2 Å². The van der Waals surface area contributed by atoms with Crippen LogP contribution in [0.1, 0.15) is 34.5 Å². The van der Waals surface area contributed by atoms with Gasteiger partial charge in [-0.25, -0.2) is 27.2 Å². The van der Waals surface area contributed by atoms with Gasteiger partial charge in [0.2, 0.25) is 15.3 Å². The summed E-state index contributed by atoms with van der Waals surface area (Å²) in [5, 5.41) is 3.40. The summed E-state index contributed by atoms with van der Waals surface area (Å²) in [6, 6.07) is 9.32. The predicted molar refractivity (Wildman–Crippen MR) is 156 cm³/mol. The first-order valence-corrected chi connectivity index (χ1v) is 15.6. The molecule has 0 saturated carbocycles. The van der Waals surface area contributed by atoms with Crippen molar-refractivity contribution in [2.45, 2.75) is 36.2 Å². The molecule has 3 aromatic heterocycles. The minimum atomic E-state index is -4.52. The Morgan fingerprint density at radius 2 is 2.02 bits per heavy atom. The van der Waals surface area contributed by atoms with E-state index < -0.39 is 44.1 Å². The Bertz CT molecular complexity index is 1840. The van der Waals surface area contributed by atoms with Crippen molar-refractivity contribution in [2.24, 2.45) is 0 Å². The number of hydrogen-bond acceptors (Lipinski definition) is 10. The van der Waals surface area contributed by atoms with E-state index in [0.717, 1.165) is 48.3 Å². The van der Waals surface area contributed by atoms with Gasteiger partial charge in [0.1, 0.15) is 28.9 Å². The number of hydrogen-bond donors (Lipinski definition) is 1. The van der Waals surface area contributed by atoms with E-state index in [1.807, 2.05) is 23.1 Å². The highest BCUT2D eigenvalue weighted by molar-refractivity contribution is 7.92. The predicted octanol–water partition coefficient (Wildman–Crippen LogP) is 4.06. The van der Waals surface area contributed by atoms with Crippen LogP contribution < -0.4 is 19.7 Å². The van der Waals surface area contributed by atoms with Gasteiger partial charge in [0.25, 0.3) is 5.91 Å². The van der Waals surface area contributed by atoms with E-state index >= 15 is 0 Å². The number of nitrogens with one attached hydrogen (secondary N) is 1. The standard InChI is InChI=1S/C30H29F2N5O6S/c1-41-9-10-42-22-11-18-3-2-7-37(29(18)34-17-22)27-5-4-19-15-33-21(14-24(19)36-27)16-35-30(38)20-12-23(31)28-25(13-20)44(39,40)26(32)6-8-43-28/h4-5,11-15,17,26H,2-3,6-10,16H2,1H3,(H,35,38)/t26-/m1/s1. The van der Waals surface area contributed by atoms with E-state index in [1.165, 1.54) is 0 Å². The monoisotopic (exact) mass is 625 g/mol. The van der Waals surface area contributed by atoms with Crippen LogP contribution in [0.4, 0.5) is 20.4 Å². The van der Waals surface area contributed by atoms with Gasteiger partial charge in [0.15, 0.2) is 11.6 Å². The molecule has 0 radical (unpaired) electrons. The lowest BCUT2D eigenvalue weighted by Crippen LogP contribution is -2.26. The van der Waals surface area contributed by atoms with Crippen molar-refractivity contribution in [2.75, 3.05) is 38.4 Å². The molecule has 0 spiro atoms. The Balaban J connectivity index is 1.20. The fourth-order valence-corrected chi connectivity index (χ4v) is 6.54. The van der Waals surface area contributed by atoms with Crippen LogP contribution in [0.25, 0.3) is 10.9 Å². The zero-order chi connectivity index (χ0) is 30.8. The van der Waals surface area contributed by atoms with Gasteiger partial charge in [0.05, 0.1) is 37.2 Å². The van der Waals surface area contributed by atoms with Crippen molar-refractivity contribution in [3.63, 3.8) is 0 Å². The number of rotatable bonds is 8. The SMILES string of the molecule is COCCOc1cnc2c(c1)CCCN2c1ccc2cnc(CNC(=O)c3cc(F)c4c(c3)S(=O)(=O)[C@@H](F)CCO4)cc2n1. The quantitative estimate of drug-likeness (QED) is 0.286. The molecule has 4 aromatic rings. The van der Waals surface area contributed by atoms with Crippen LogP contribution in [0.5, 0.6) is 11.5 Å². The number of aromatic nitrogens is 3. The number of pyridine rings is 3. The molecule has 0 unspecified atom stereocenters. The highest BCUT2D eigenvalue weighted by atomic mass is 32.2. The van der Waals surface area contributed by atoms with Gasteiger partial charge in [-0.1, -0.05) is 0 Å². The molecule has 1 aromatic carbocycles. The molecular formula is C30H29F2N5O6S. The topological polar surface area (TPSA) is 133 Å². The number of halogens is 2. The zero-order valence-electron chi connectivity index (χ0n) is 23.8. The summed E-state index contributed by atoms with van der Waals surface area (Å²) in [6.07, 6.45) is 4.66. The van der Waals surface area contributed by atoms with Gasteiger partial charge in [-0.15, -0.1) is 0 Å². The Kier molecular flexibility index (Phi) is 8.27. The first-order chi connectivity index (χ1) is 21.2. The fourth-order valence-electron chi connectivity index (χ4n) is 5.15. The van der Waals surface area contributed by atoms with Crippen LogP contribution in [0.15, 0.2) is 53.7 Å². The lowest BCUT2D eigenvalue weighted by molar-refractivity contribution is 0.0949. The number of methoxy groups -OCH3 is 1. The third kappa shape index (κ3) is 5.86. The van der Waals surface area contributed by atoms with Gasteiger partial charge in [-0.05, 0) is 54.8 Å². The van der Waals surface area contributed by atoms with Gasteiger partial charge in [-0.2, -0.15) is 0 Å². The molecule has 5 heterocycles. The molecule has 44 heavy (non-hydrogen) atoms. The number of carbonyl (C=O) groups is 1. The molecule has 1 N–H and O–H groups in total. The third-order valence-electron chi connectivity index (χ3n) is 7.39. The smallest absolute Gasteiger partial charge is 0.251 e. The number of ether oxygens (including phenoxy) is 3. The second-order valence-corrected chi connectivity index (χ2v) is 12.4. The van der Waals surface area contributed by atoms with E-state index in [-0.39, 0.29) is 18.7 Å². The molecule has 14 heteroatoms. The number of amides is 1. The van der Waals surface area contributed by atoms with E-state index in [0.29, 0.717) is 36.0 Å². The minimum absolute atomic E-state index is 0.0473. The van der Waals surface area contributed by atoms with E-state index in [9.17, 15) is 22.0 Å². The summed E-state index contributed by atoms with van der Waals surface area (Å²) < 4.78 is 69.9. The summed E-state index contributed by atoms with van der Waals surface area (Å²) in [6.45, 7) is 1.31. The first-order valence-electron chi connectivity index (χ1n) is 14.0. The Morgan fingerprint density at radius 1 is 1.16 bits per heavy atom. The van der Waals surface area contributed by atoms with Crippen LogP contribution in [-0.4, -0.2) is 68.3 Å². The number of aryl methyl sites for hydroxylation is 1. The summed E-state index contributed by atoms with van der Waals surface area (Å²) in [5.41, 5.74) is -0.372. The van der Waals surface area contributed by atoms with Gasteiger partial charge < -0.3 is 24.4 Å². The molecule has 0 bridgehead atoms. The number of alkyl halides is 1. The summed E-state index contributed by atoms with van der Waals surface area (Å²) in [5.74, 6) is -0.205. The summed E-state index contributed by atoms with van der Waals surface area (Å²) in [4.78, 5) is 28.1. The van der Waals surface area contributed by atoms with Crippen molar-refractivity contribution >= 4 is 38.3 Å². The molecule has 230 valence electrons. The molecule has 11 nitrogen and oxygen atoms in total. The number of fused-ring (bicyclic) bond motifs is 3. The van der Waals surface area contributed by atoms with Gasteiger partial charge in [0, 0.05) is 37.2 Å². The van der Waals surface area contributed by atoms with Gasteiger partial charge in [-0.3, -0.25) is 9.78 Å². The van der Waals surface area contributed by atoms with Crippen molar-refractivity contribution in [3.8, 4) is 11.5 Å². The number of anilines is 2. The highest BCUT2D eigenvalue weighted by Gasteiger charge is 2.35. The Hall–Kier alpha value is -4.43. The molecule has 1 atom stereocenters. The molecule has 6 rings (SSSR count). The Morgan fingerprint density at radius 3 is 2.86 bits per heavy atom. The Labute approximate surface area is 252 Å². The second kappa shape index (κ2) is 12.3. The van der Waals surface area contributed by atoms with Crippen molar-refractivity contribution in [1.82, 2.24) is 20.3 Å². The number of benzene rings is 1. The van der Waals surface area contributed by atoms with Crippen LogP contribution >= 0.6 is 0 Å². The number of nitrogens with zero attached hydrogens (tertiary/aromatic N) is 4. The minimum Gasteiger partial charge on any atom is -0.490 e. The lowest BCUT2D eigenvalue weighted by atomic mass is 10.1. The van der Waals surface area contributed by atoms with Crippen molar-refractivity contribution in [1.29, 1.82) is 0 Å². The van der Waals surface area contributed by atoms with Crippen LogP contribution in [0, 0.1) is 5.82 Å². The van der Waals surface area contributed by atoms with E-state index in [4.69, 9.17) is 19.2 Å². The maximum atomic E-state index is 14.7. The normalized spacial score (nSPS) is 17.2. The molecule has 0 saturated heterocycles. The molecule has 0 fully saturated rings. The van der Waals surface area contributed by atoms with Crippen LogP contribution in [-0.2, 0) is 27.5 Å². The largest absolute Gasteiger partial charge is 0.490 e. The third-order valence-corrected chi connectivity index (χ3v) is 9.21. The zero-order valence-corrected chi connectivity index (χ0v) is 24.6. The maximum Gasteiger partial charge on any atom is 0.251 e. The average molecular weight is 626 g/mol. The maximum absolute atomic E-state index is 14.7. The van der Waals surface area contributed by atoms with E-state index in [1.54, 1.807) is 25.6 Å². The summed E-state index contributed by atoms with van der Waals surface area (Å²) in [7, 11) is -2.90. The molecule has 0 aliphatic carbocycles. The average Bonchev–Trinajstić information content (AvgIpc) is 3.14. The molecule has 2 aliphatic rings. The molecule has 2 aliphatic heterocycles. The molecule has 1 amide bonds. The summed E-state index contributed by atoms with van der Waals surface area (Å²) >= 11 is 0. The van der Waals surface area contributed by atoms with Crippen LogP contribution in [0.3, 0.4) is 0 Å².